The highest BCUT2D eigenvalue weighted by molar-refractivity contribution is 7.98. The Hall–Kier alpha value is -2.77. The predicted molar refractivity (Wildman–Crippen MR) is 121 cm³/mol. The van der Waals surface area contributed by atoms with Crippen LogP contribution < -0.4 is 15.6 Å². The van der Waals surface area contributed by atoms with Gasteiger partial charge in [-0.05, 0) is 37.1 Å². The van der Waals surface area contributed by atoms with Crippen molar-refractivity contribution in [1.82, 2.24) is 9.97 Å². The number of methoxy groups -OCH3 is 1. The van der Waals surface area contributed by atoms with E-state index in [1.54, 1.807) is 25.1 Å². The van der Waals surface area contributed by atoms with Crippen LogP contribution in [0.2, 0.25) is 5.02 Å². The first-order valence-corrected chi connectivity index (χ1v) is 10.7. The van der Waals surface area contributed by atoms with Gasteiger partial charge in [0.05, 0.1) is 12.8 Å². The van der Waals surface area contributed by atoms with Gasteiger partial charge in [-0.2, -0.15) is 0 Å². The number of hydrogen-bond donors (Lipinski definition) is 2. The van der Waals surface area contributed by atoms with Crippen LogP contribution in [0.3, 0.4) is 0 Å². The molecule has 6 nitrogen and oxygen atoms in total. The van der Waals surface area contributed by atoms with E-state index in [4.69, 9.17) is 16.3 Å². The van der Waals surface area contributed by atoms with Crippen LogP contribution in [0.5, 0.6) is 5.75 Å². The normalized spacial score (nSPS) is 10.6. The molecule has 0 saturated carbocycles. The van der Waals surface area contributed by atoms with Crippen LogP contribution in [0.25, 0.3) is 0 Å². The third-order valence-electron chi connectivity index (χ3n) is 4.46. The molecule has 1 amide bonds. The summed E-state index contributed by atoms with van der Waals surface area (Å²) in [5, 5.41) is 3.84. The standard InChI is InChI=1S/C22H22ClN3O3S/c1-14-17(9-11-20(27)25-18-12-16(23)8-10-19(18)29-2)21(28)26-22(24-14)30-13-15-6-4-3-5-7-15/h3-8,10,12H,9,11,13H2,1-2H3,(H,25,27)(H,24,26,28). The number of rotatable bonds is 8. The number of aromatic nitrogens is 2. The zero-order valence-corrected chi connectivity index (χ0v) is 18.3. The number of halogens is 1. The summed E-state index contributed by atoms with van der Waals surface area (Å²) in [6.45, 7) is 1.79. The Kier molecular flexibility index (Phi) is 7.54. The summed E-state index contributed by atoms with van der Waals surface area (Å²) in [6, 6.07) is 15.0. The van der Waals surface area contributed by atoms with Crippen LogP contribution in [-0.2, 0) is 17.0 Å². The number of thioether (sulfide) groups is 1. The van der Waals surface area contributed by atoms with E-state index in [2.05, 4.69) is 15.3 Å². The van der Waals surface area contributed by atoms with Gasteiger partial charge in [0, 0.05) is 28.5 Å². The first-order chi connectivity index (χ1) is 14.5. The lowest BCUT2D eigenvalue weighted by Crippen LogP contribution is -2.20. The SMILES string of the molecule is COc1ccc(Cl)cc1NC(=O)CCc1c(C)nc(SCc2ccccc2)[nH]c1=O. The molecule has 30 heavy (non-hydrogen) atoms. The van der Waals surface area contributed by atoms with Crippen LogP contribution in [0.4, 0.5) is 5.69 Å². The van der Waals surface area contributed by atoms with E-state index in [1.165, 1.54) is 18.9 Å². The molecule has 1 heterocycles. The van der Waals surface area contributed by atoms with E-state index in [0.29, 0.717) is 38.6 Å². The van der Waals surface area contributed by atoms with Crippen LogP contribution in [0, 0.1) is 6.92 Å². The lowest BCUT2D eigenvalue weighted by molar-refractivity contribution is -0.116. The van der Waals surface area contributed by atoms with Gasteiger partial charge in [0.2, 0.25) is 5.91 Å². The van der Waals surface area contributed by atoms with Crippen molar-refractivity contribution in [3.05, 3.63) is 80.7 Å². The Morgan fingerprint density at radius 2 is 2.00 bits per heavy atom. The molecule has 0 aliphatic rings. The van der Waals surface area contributed by atoms with Crippen molar-refractivity contribution in [1.29, 1.82) is 0 Å². The van der Waals surface area contributed by atoms with Gasteiger partial charge in [0.1, 0.15) is 5.75 Å². The second kappa shape index (κ2) is 10.3. The number of hydrogen-bond acceptors (Lipinski definition) is 5. The molecule has 0 atom stereocenters. The summed E-state index contributed by atoms with van der Waals surface area (Å²) < 4.78 is 5.23. The fraction of sp³-hybridized carbons (Fsp3) is 0.227. The number of anilines is 1. The largest absolute Gasteiger partial charge is 0.495 e. The average Bonchev–Trinajstić information content (AvgIpc) is 2.72. The maximum atomic E-state index is 12.5. The maximum Gasteiger partial charge on any atom is 0.254 e. The van der Waals surface area contributed by atoms with Crippen LogP contribution >= 0.6 is 23.4 Å². The third-order valence-corrected chi connectivity index (χ3v) is 5.64. The molecule has 0 fully saturated rings. The number of ether oxygens (including phenoxy) is 1. The number of aryl methyl sites for hydroxylation is 1. The number of carbonyl (C=O) groups is 1. The van der Waals surface area contributed by atoms with E-state index in [-0.39, 0.29) is 24.3 Å². The van der Waals surface area contributed by atoms with E-state index in [1.807, 2.05) is 30.3 Å². The molecule has 0 radical (unpaired) electrons. The minimum absolute atomic E-state index is 0.137. The Bertz CT molecular complexity index is 1090. The predicted octanol–water partition coefficient (Wildman–Crippen LogP) is 4.60. The molecule has 8 heteroatoms. The van der Waals surface area contributed by atoms with Gasteiger partial charge in [-0.15, -0.1) is 0 Å². The second-order valence-corrected chi connectivity index (χ2v) is 8.00. The zero-order valence-electron chi connectivity index (χ0n) is 16.7. The van der Waals surface area contributed by atoms with E-state index in [0.717, 1.165) is 5.56 Å². The molecule has 0 unspecified atom stereocenters. The Labute approximate surface area is 184 Å². The van der Waals surface area contributed by atoms with E-state index >= 15 is 0 Å². The number of carbonyl (C=O) groups excluding carboxylic acids is 1. The first kappa shape index (κ1) is 21.9. The molecule has 0 aliphatic carbocycles. The number of nitrogens with one attached hydrogen (secondary N) is 2. The van der Waals surface area contributed by atoms with Crippen molar-refractivity contribution in [2.45, 2.75) is 30.7 Å². The van der Waals surface area contributed by atoms with Gasteiger partial charge in [-0.3, -0.25) is 9.59 Å². The molecule has 1 aromatic heterocycles. The molecule has 0 bridgehead atoms. The van der Waals surface area contributed by atoms with Crippen molar-refractivity contribution in [3.63, 3.8) is 0 Å². The topological polar surface area (TPSA) is 84.1 Å². The highest BCUT2D eigenvalue weighted by atomic mass is 35.5. The monoisotopic (exact) mass is 443 g/mol. The summed E-state index contributed by atoms with van der Waals surface area (Å²) in [6.07, 6.45) is 0.421. The van der Waals surface area contributed by atoms with Crippen molar-refractivity contribution in [3.8, 4) is 5.75 Å². The molecule has 3 rings (SSSR count). The summed E-state index contributed by atoms with van der Waals surface area (Å²) in [5.74, 6) is 0.993. The van der Waals surface area contributed by atoms with Gasteiger partial charge in [0.15, 0.2) is 5.16 Å². The van der Waals surface area contributed by atoms with Gasteiger partial charge in [0.25, 0.3) is 5.56 Å². The summed E-state index contributed by atoms with van der Waals surface area (Å²) in [4.78, 5) is 32.2. The van der Waals surface area contributed by atoms with Crippen molar-refractivity contribution in [2.75, 3.05) is 12.4 Å². The molecule has 0 spiro atoms. The smallest absolute Gasteiger partial charge is 0.254 e. The molecular formula is C22H22ClN3O3S. The Morgan fingerprint density at radius 1 is 1.23 bits per heavy atom. The number of aromatic amines is 1. The lowest BCUT2D eigenvalue weighted by atomic mass is 10.1. The summed E-state index contributed by atoms with van der Waals surface area (Å²) in [5.41, 5.74) is 2.56. The third kappa shape index (κ3) is 5.87. The van der Waals surface area contributed by atoms with Crippen molar-refractivity contribution in [2.24, 2.45) is 0 Å². The molecule has 2 aromatic carbocycles. The van der Waals surface area contributed by atoms with E-state index in [9.17, 15) is 9.59 Å². The van der Waals surface area contributed by atoms with E-state index < -0.39 is 0 Å². The minimum atomic E-state index is -0.239. The highest BCUT2D eigenvalue weighted by Gasteiger charge is 2.13. The fourth-order valence-corrected chi connectivity index (χ4v) is 3.94. The summed E-state index contributed by atoms with van der Waals surface area (Å²) in [7, 11) is 1.52. The van der Waals surface area contributed by atoms with Crippen LogP contribution in [0.15, 0.2) is 58.5 Å². The molecule has 0 aliphatic heterocycles. The fourth-order valence-electron chi connectivity index (χ4n) is 2.90. The number of H-pyrrole nitrogens is 1. The van der Waals surface area contributed by atoms with Crippen LogP contribution in [0.1, 0.15) is 23.2 Å². The van der Waals surface area contributed by atoms with Crippen molar-refractivity contribution < 1.29 is 9.53 Å². The molecular weight excluding hydrogens is 422 g/mol. The highest BCUT2D eigenvalue weighted by Crippen LogP contribution is 2.27. The number of nitrogens with zero attached hydrogens (tertiary/aromatic N) is 1. The van der Waals surface area contributed by atoms with Gasteiger partial charge in [-0.1, -0.05) is 53.7 Å². The van der Waals surface area contributed by atoms with Gasteiger partial charge in [-0.25, -0.2) is 4.98 Å². The number of amides is 1. The molecule has 2 N–H and O–H groups in total. The molecule has 3 aromatic rings. The summed E-state index contributed by atoms with van der Waals surface area (Å²) >= 11 is 7.46. The zero-order chi connectivity index (χ0) is 21.5. The molecule has 156 valence electrons. The lowest BCUT2D eigenvalue weighted by Gasteiger charge is -2.11. The van der Waals surface area contributed by atoms with Gasteiger partial charge >= 0.3 is 0 Å². The Balaban J connectivity index is 1.62. The van der Waals surface area contributed by atoms with Gasteiger partial charge < -0.3 is 15.0 Å². The first-order valence-electron chi connectivity index (χ1n) is 9.36. The Morgan fingerprint density at radius 3 is 2.70 bits per heavy atom. The van der Waals surface area contributed by atoms with Crippen LogP contribution in [-0.4, -0.2) is 23.0 Å². The number of benzene rings is 2. The quantitative estimate of drug-likeness (QED) is 0.392. The minimum Gasteiger partial charge on any atom is -0.495 e. The second-order valence-electron chi connectivity index (χ2n) is 6.60. The average molecular weight is 444 g/mol. The maximum absolute atomic E-state index is 12.5. The van der Waals surface area contributed by atoms with Crippen molar-refractivity contribution >= 4 is 35.0 Å². The molecule has 0 saturated heterocycles.